The van der Waals surface area contributed by atoms with Gasteiger partial charge in [-0.3, -0.25) is 0 Å². The van der Waals surface area contributed by atoms with Crippen molar-refractivity contribution in [3.8, 4) is 50.8 Å². The zero-order chi connectivity index (χ0) is 39.7. The van der Waals surface area contributed by atoms with Crippen LogP contribution in [-0.4, -0.2) is 9.13 Å². The van der Waals surface area contributed by atoms with Crippen molar-refractivity contribution in [1.82, 2.24) is 9.13 Å². The van der Waals surface area contributed by atoms with E-state index in [1.807, 2.05) is 72.8 Å². The third kappa shape index (κ3) is 5.58. The Labute approximate surface area is 333 Å². The molecule has 10 rings (SSSR count). The van der Waals surface area contributed by atoms with E-state index in [2.05, 4.69) is 102 Å². The maximum atomic E-state index is 14.4. The first-order valence-electron chi connectivity index (χ1n) is 19.1. The van der Waals surface area contributed by atoms with Crippen molar-refractivity contribution >= 4 is 43.6 Å². The zero-order valence-corrected chi connectivity index (χ0v) is 31.6. The van der Waals surface area contributed by atoms with Crippen LogP contribution in [-0.2, 0) is 6.18 Å². The Kier molecular flexibility index (Phi) is 8.10. The molecule has 0 spiro atoms. The highest BCUT2D eigenvalue weighted by molar-refractivity contribution is 6.12. The monoisotopic (exact) mass is 757 g/mol. The van der Waals surface area contributed by atoms with Crippen LogP contribution in [0, 0.1) is 25.2 Å². The molecule has 10 aromatic rings. The lowest BCUT2D eigenvalue weighted by atomic mass is 9.97. The standard InChI is InChI=1S/C52H34F3N3/c1-32-12-3-5-16-39(32)35-22-24-48-44(27-35)41-18-7-9-20-46(41)57(48)50-30-43(34-14-11-15-38(26-34)52(53,54)55)51(29-37(50)31-56)58-47-21-10-8-19-42(47)45-28-36(23-25-49(45)58)40-17-6-4-13-33(40)2/h3-30H,1-2H3. The molecule has 2 heterocycles. The van der Waals surface area contributed by atoms with Gasteiger partial charge in [0.25, 0.3) is 0 Å². The number of nitriles is 1. The van der Waals surface area contributed by atoms with Crippen molar-refractivity contribution in [2.24, 2.45) is 0 Å². The Balaban J connectivity index is 1.28. The predicted molar refractivity (Wildman–Crippen MR) is 231 cm³/mol. The molecule has 58 heavy (non-hydrogen) atoms. The van der Waals surface area contributed by atoms with Crippen LogP contribution < -0.4 is 0 Å². The molecule has 2 aromatic heterocycles. The van der Waals surface area contributed by atoms with Gasteiger partial charge in [0.1, 0.15) is 6.07 Å². The average molecular weight is 758 g/mol. The number of benzene rings is 8. The molecule has 0 saturated heterocycles. The van der Waals surface area contributed by atoms with Crippen molar-refractivity contribution in [3.05, 3.63) is 192 Å². The molecule has 0 fully saturated rings. The van der Waals surface area contributed by atoms with Crippen LogP contribution >= 0.6 is 0 Å². The molecule has 0 aliphatic carbocycles. The first kappa shape index (κ1) is 35.1. The number of aryl methyl sites for hydroxylation is 2. The summed E-state index contributed by atoms with van der Waals surface area (Å²) in [6, 6.07) is 57.1. The molecule has 0 atom stereocenters. The number of alkyl halides is 3. The van der Waals surface area contributed by atoms with Crippen molar-refractivity contribution < 1.29 is 13.2 Å². The summed E-state index contributed by atoms with van der Waals surface area (Å²) < 4.78 is 47.3. The second-order valence-corrected chi connectivity index (χ2v) is 14.9. The van der Waals surface area contributed by atoms with Crippen molar-refractivity contribution in [2.45, 2.75) is 20.0 Å². The van der Waals surface area contributed by atoms with Crippen molar-refractivity contribution in [3.63, 3.8) is 0 Å². The van der Waals surface area contributed by atoms with Gasteiger partial charge in [-0.15, -0.1) is 0 Å². The number of nitrogens with zero attached hydrogens (tertiary/aromatic N) is 3. The van der Waals surface area contributed by atoms with Gasteiger partial charge in [-0.2, -0.15) is 18.4 Å². The van der Waals surface area contributed by atoms with Gasteiger partial charge < -0.3 is 9.13 Å². The molecular weight excluding hydrogens is 724 g/mol. The molecule has 0 N–H and O–H groups in total. The van der Waals surface area contributed by atoms with Gasteiger partial charge in [-0.05, 0) is 113 Å². The molecule has 3 nitrogen and oxygen atoms in total. The Morgan fingerprint density at radius 3 is 1.45 bits per heavy atom. The largest absolute Gasteiger partial charge is 0.416 e. The Morgan fingerprint density at radius 1 is 0.431 bits per heavy atom. The quantitative estimate of drug-likeness (QED) is 0.172. The fraction of sp³-hybridized carbons (Fsp3) is 0.0577. The van der Waals surface area contributed by atoms with Crippen molar-refractivity contribution in [2.75, 3.05) is 0 Å². The van der Waals surface area contributed by atoms with Gasteiger partial charge in [-0.1, -0.05) is 109 Å². The van der Waals surface area contributed by atoms with Crippen LogP contribution in [0.25, 0.3) is 88.4 Å². The van der Waals surface area contributed by atoms with Gasteiger partial charge in [0.05, 0.1) is 44.6 Å². The minimum atomic E-state index is -4.55. The number of halogens is 3. The maximum Gasteiger partial charge on any atom is 0.416 e. The maximum absolute atomic E-state index is 14.4. The molecule has 8 aromatic carbocycles. The molecule has 0 amide bonds. The topological polar surface area (TPSA) is 33.6 Å². The SMILES string of the molecule is Cc1ccccc1-c1ccc2c(c1)c1ccccc1n2-c1cc(-c2cccc(C(F)(F)F)c2)c(-n2c3ccccc3c3cc(-c4ccccc4C)ccc32)cc1C#N. The Bertz CT molecular complexity index is 3320. The molecule has 0 aliphatic rings. The highest BCUT2D eigenvalue weighted by atomic mass is 19.4. The van der Waals surface area contributed by atoms with Crippen LogP contribution in [0.1, 0.15) is 22.3 Å². The van der Waals surface area contributed by atoms with Gasteiger partial charge in [0.2, 0.25) is 0 Å². The zero-order valence-electron chi connectivity index (χ0n) is 31.6. The van der Waals surface area contributed by atoms with Crippen LogP contribution in [0.2, 0.25) is 0 Å². The van der Waals surface area contributed by atoms with Crippen LogP contribution in [0.4, 0.5) is 13.2 Å². The summed E-state index contributed by atoms with van der Waals surface area (Å²) in [7, 11) is 0. The van der Waals surface area contributed by atoms with Gasteiger partial charge >= 0.3 is 6.18 Å². The van der Waals surface area contributed by atoms with E-state index in [-0.39, 0.29) is 0 Å². The van der Waals surface area contributed by atoms with E-state index in [9.17, 15) is 18.4 Å². The summed E-state index contributed by atoms with van der Waals surface area (Å²) in [5.74, 6) is 0. The summed E-state index contributed by atoms with van der Waals surface area (Å²) in [6.45, 7) is 4.19. The first-order chi connectivity index (χ1) is 28.2. The first-order valence-corrected chi connectivity index (χ1v) is 19.1. The molecular formula is C52H34F3N3. The predicted octanol–water partition coefficient (Wildman–Crippen LogP) is 14.4. The smallest absolute Gasteiger partial charge is 0.309 e. The normalized spacial score (nSPS) is 11.9. The molecule has 0 aliphatic heterocycles. The number of hydrogen-bond acceptors (Lipinski definition) is 1. The number of aromatic nitrogens is 2. The lowest BCUT2D eigenvalue weighted by Crippen LogP contribution is -2.06. The average Bonchev–Trinajstić information content (AvgIpc) is 3.75. The lowest BCUT2D eigenvalue weighted by Gasteiger charge is -2.19. The Hall–Kier alpha value is -7.36. The molecule has 0 saturated carbocycles. The van der Waals surface area contributed by atoms with Crippen LogP contribution in [0.3, 0.4) is 0 Å². The molecule has 6 heteroatoms. The number of para-hydroxylation sites is 2. The van der Waals surface area contributed by atoms with E-state index in [0.717, 1.165) is 83.1 Å². The van der Waals surface area contributed by atoms with E-state index in [1.54, 1.807) is 6.07 Å². The minimum absolute atomic E-state index is 0.388. The van der Waals surface area contributed by atoms with E-state index < -0.39 is 11.7 Å². The van der Waals surface area contributed by atoms with E-state index in [1.165, 1.54) is 12.1 Å². The number of rotatable bonds is 5. The minimum Gasteiger partial charge on any atom is -0.309 e. The fourth-order valence-electron chi connectivity index (χ4n) is 8.72. The van der Waals surface area contributed by atoms with E-state index in [4.69, 9.17) is 0 Å². The summed E-state index contributed by atoms with van der Waals surface area (Å²) in [4.78, 5) is 0. The Morgan fingerprint density at radius 2 is 0.914 bits per heavy atom. The second-order valence-electron chi connectivity index (χ2n) is 14.9. The highest BCUT2D eigenvalue weighted by Gasteiger charge is 2.31. The van der Waals surface area contributed by atoms with E-state index >= 15 is 0 Å². The molecule has 0 bridgehead atoms. The summed E-state index contributed by atoms with van der Waals surface area (Å²) >= 11 is 0. The van der Waals surface area contributed by atoms with Crippen LogP contribution in [0.5, 0.6) is 0 Å². The lowest BCUT2D eigenvalue weighted by molar-refractivity contribution is -0.137. The number of fused-ring (bicyclic) bond motifs is 6. The summed E-state index contributed by atoms with van der Waals surface area (Å²) in [5.41, 5.74) is 12.0. The third-order valence-electron chi connectivity index (χ3n) is 11.5. The van der Waals surface area contributed by atoms with Gasteiger partial charge in [0, 0.05) is 27.1 Å². The highest BCUT2D eigenvalue weighted by Crippen LogP contribution is 2.43. The van der Waals surface area contributed by atoms with Gasteiger partial charge in [0.15, 0.2) is 0 Å². The molecule has 278 valence electrons. The van der Waals surface area contributed by atoms with Crippen LogP contribution in [0.15, 0.2) is 170 Å². The third-order valence-corrected chi connectivity index (χ3v) is 11.5. The summed E-state index contributed by atoms with van der Waals surface area (Å²) in [6.07, 6.45) is -4.55. The van der Waals surface area contributed by atoms with E-state index in [0.29, 0.717) is 28.1 Å². The van der Waals surface area contributed by atoms with Crippen molar-refractivity contribution in [1.29, 1.82) is 5.26 Å². The fourth-order valence-corrected chi connectivity index (χ4v) is 8.72. The number of hydrogen-bond donors (Lipinski definition) is 0. The summed E-state index contributed by atoms with van der Waals surface area (Å²) in [5, 5.41) is 15.0. The second kappa shape index (κ2) is 13.4. The molecule has 0 radical (unpaired) electrons. The van der Waals surface area contributed by atoms with Gasteiger partial charge in [-0.25, -0.2) is 0 Å². The molecule has 0 unspecified atom stereocenters.